The molecule has 1 aliphatic heterocycles. The molecule has 138 valence electrons. The van der Waals surface area contributed by atoms with E-state index in [-0.39, 0.29) is 33.6 Å². The van der Waals surface area contributed by atoms with E-state index in [0.29, 0.717) is 18.5 Å². The number of anilines is 1. The van der Waals surface area contributed by atoms with Crippen LogP contribution in [-0.2, 0) is 14.4 Å². The van der Waals surface area contributed by atoms with Gasteiger partial charge in [0.1, 0.15) is 6.54 Å². The fourth-order valence-electron chi connectivity index (χ4n) is 3.39. The van der Waals surface area contributed by atoms with Gasteiger partial charge in [-0.15, -0.1) is 0 Å². The third-order valence-corrected chi connectivity index (χ3v) is 7.43. The summed E-state index contributed by atoms with van der Waals surface area (Å²) in [5.41, 5.74) is 0.335. The fraction of sp³-hybridized carbons (Fsp3) is 0.412. The highest BCUT2D eigenvalue weighted by atomic mass is 79.9. The first-order valence-corrected chi connectivity index (χ1v) is 9.87. The van der Waals surface area contributed by atoms with Crippen LogP contribution in [0.5, 0.6) is 0 Å². The maximum Gasteiger partial charge on any atom is 0.335 e. The molecule has 1 saturated carbocycles. The number of likely N-dealkylation sites (tertiary alicyclic amines) is 1. The molecule has 1 heterocycles. The molecule has 1 aromatic rings. The van der Waals surface area contributed by atoms with Gasteiger partial charge in [-0.1, -0.05) is 37.9 Å². The lowest BCUT2D eigenvalue weighted by atomic mass is 9.81. The summed E-state index contributed by atoms with van der Waals surface area (Å²) in [6, 6.07) is 5.77. The van der Waals surface area contributed by atoms with Crippen molar-refractivity contribution < 1.29 is 24.3 Å². The molecule has 2 fully saturated rings. The van der Waals surface area contributed by atoms with Gasteiger partial charge in [-0.3, -0.25) is 19.3 Å². The lowest BCUT2D eigenvalue weighted by Crippen LogP contribution is -2.38. The van der Waals surface area contributed by atoms with Gasteiger partial charge in [0.05, 0.1) is 17.4 Å². The standard InChI is InChI=1S/C17H16Br2N2O5/c18-12-5-10-11(6-13(12)19)16(24)21(15(10)23)7-14(22)20-9-3-1-2-8(4-9)17(25)26/h1-4,10-13H,5-7H2,(H,20,22)(H,25,26)/t10-,11-,12-,13+/m1/s1. The number of carboxylic acids is 1. The third kappa shape index (κ3) is 3.68. The van der Waals surface area contributed by atoms with Crippen molar-refractivity contribution in [3.63, 3.8) is 0 Å². The molecule has 2 aliphatic rings. The van der Waals surface area contributed by atoms with Crippen molar-refractivity contribution in [1.82, 2.24) is 4.90 Å². The van der Waals surface area contributed by atoms with E-state index in [9.17, 15) is 19.2 Å². The van der Waals surface area contributed by atoms with Crippen LogP contribution in [0.15, 0.2) is 24.3 Å². The van der Waals surface area contributed by atoms with Crippen LogP contribution in [0, 0.1) is 11.8 Å². The average Bonchev–Trinajstić information content (AvgIpc) is 2.80. The summed E-state index contributed by atoms with van der Waals surface area (Å²) in [6.45, 7) is -0.373. The number of hydrogen-bond donors (Lipinski definition) is 2. The van der Waals surface area contributed by atoms with Gasteiger partial charge in [-0.2, -0.15) is 0 Å². The third-order valence-electron chi connectivity index (χ3n) is 4.70. The highest BCUT2D eigenvalue weighted by Gasteiger charge is 2.52. The minimum Gasteiger partial charge on any atom is -0.478 e. The molecule has 26 heavy (non-hydrogen) atoms. The van der Waals surface area contributed by atoms with Crippen LogP contribution in [-0.4, -0.2) is 49.9 Å². The van der Waals surface area contributed by atoms with E-state index < -0.39 is 23.7 Å². The minimum atomic E-state index is -1.11. The topological polar surface area (TPSA) is 104 Å². The van der Waals surface area contributed by atoms with Gasteiger partial charge in [-0.25, -0.2) is 4.79 Å². The van der Waals surface area contributed by atoms with Crippen LogP contribution in [0.1, 0.15) is 23.2 Å². The summed E-state index contributed by atoms with van der Waals surface area (Å²) in [7, 11) is 0. The van der Waals surface area contributed by atoms with Gasteiger partial charge in [0.25, 0.3) is 0 Å². The Labute approximate surface area is 166 Å². The number of carbonyl (C=O) groups is 4. The van der Waals surface area contributed by atoms with Gasteiger partial charge in [0, 0.05) is 15.3 Å². The van der Waals surface area contributed by atoms with Crippen LogP contribution in [0.25, 0.3) is 0 Å². The van der Waals surface area contributed by atoms with Gasteiger partial charge in [0.2, 0.25) is 17.7 Å². The van der Waals surface area contributed by atoms with Crippen molar-refractivity contribution in [2.45, 2.75) is 22.5 Å². The first kappa shape index (κ1) is 19.0. The molecule has 9 heteroatoms. The summed E-state index contributed by atoms with van der Waals surface area (Å²) in [5.74, 6) is -3.09. The number of rotatable bonds is 4. The highest BCUT2D eigenvalue weighted by molar-refractivity contribution is 9.12. The maximum atomic E-state index is 12.5. The molecule has 4 atom stereocenters. The number of alkyl halides is 2. The normalized spacial score (nSPS) is 28.0. The van der Waals surface area contributed by atoms with Gasteiger partial charge in [0.15, 0.2) is 0 Å². The van der Waals surface area contributed by atoms with E-state index in [1.54, 1.807) is 6.07 Å². The summed E-state index contributed by atoms with van der Waals surface area (Å²) in [4.78, 5) is 49.5. The number of amides is 3. The molecule has 3 rings (SSSR count). The largest absolute Gasteiger partial charge is 0.478 e. The first-order valence-electron chi connectivity index (χ1n) is 8.04. The lowest BCUT2D eigenvalue weighted by Gasteiger charge is -2.29. The Morgan fingerprint density at radius 2 is 1.69 bits per heavy atom. The van der Waals surface area contributed by atoms with E-state index in [1.165, 1.54) is 18.2 Å². The number of carboxylic acid groups (broad SMARTS) is 1. The van der Waals surface area contributed by atoms with Crippen molar-refractivity contribution in [1.29, 1.82) is 0 Å². The molecular weight excluding hydrogens is 472 g/mol. The summed E-state index contributed by atoms with van der Waals surface area (Å²) >= 11 is 7.03. The summed E-state index contributed by atoms with van der Waals surface area (Å²) < 4.78 is 0. The SMILES string of the molecule is O=C(CN1C(=O)[C@@H]2C[C@@H](Br)[C@@H](Br)C[C@H]2C1=O)Nc1cccc(C(=O)O)c1. The molecule has 1 aliphatic carbocycles. The number of halogens is 2. The number of benzene rings is 1. The monoisotopic (exact) mass is 486 g/mol. The number of fused-ring (bicyclic) bond motifs is 1. The zero-order chi connectivity index (χ0) is 19.0. The van der Waals surface area contributed by atoms with E-state index in [4.69, 9.17) is 5.11 Å². The molecule has 0 radical (unpaired) electrons. The Morgan fingerprint density at radius 1 is 1.12 bits per heavy atom. The van der Waals surface area contributed by atoms with E-state index in [1.807, 2.05) is 0 Å². The zero-order valence-electron chi connectivity index (χ0n) is 13.5. The van der Waals surface area contributed by atoms with Crippen LogP contribution >= 0.6 is 31.9 Å². The van der Waals surface area contributed by atoms with Crippen LogP contribution in [0.3, 0.4) is 0 Å². The predicted octanol–water partition coefficient (Wildman–Crippen LogP) is 2.25. The van der Waals surface area contributed by atoms with Crippen molar-refractivity contribution in [2.24, 2.45) is 11.8 Å². The Bertz CT molecular complexity index is 756. The predicted molar refractivity (Wildman–Crippen MR) is 100 cm³/mol. The molecule has 0 aromatic heterocycles. The van der Waals surface area contributed by atoms with Gasteiger partial charge >= 0.3 is 5.97 Å². The number of nitrogens with zero attached hydrogens (tertiary/aromatic N) is 1. The number of carbonyl (C=O) groups excluding carboxylic acids is 3. The molecule has 3 amide bonds. The van der Waals surface area contributed by atoms with E-state index >= 15 is 0 Å². The molecule has 0 unspecified atom stereocenters. The lowest BCUT2D eigenvalue weighted by molar-refractivity contribution is -0.142. The smallest absolute Gasteiger partial charge is 0.335 e. The molecular formula is C17H16Br2N2O5. The zero-order valence-corrected chi connectivity index (χ0v) is 16.7. The fourth-order valence-corrected chi connectivity index (χ4v) is 4.63. The Hall–Kier alpha value is -1.74. The number of nitrogens with one attached hydrogen (secondary N) is 1. The molecule has 1 saturated heterocycles. The number of imide groups is 1. The minimum absolute atomic E-state index is 0.0360. The van der Waals surface area contributed by atoms with Crippen LogP contribution < -0.4 is 5.32 Å². The van der Waals surface area contributed by atoms with Crippen molar-refractivity contribution in [2.75, 3.05) is 11.9 Å². The number of hydrogen-bond acceptors (Lipinski definition) is 4. The number of aromatic carboxylic acids is 1. The Morgan fingerprint density at radius 3 is 2.23 bits per heavy atom. The van der Waals surface area contributed by atoms with E-state index in [0.717, 1.165) is 4.90 Å². The maximum absolute atomic E-state index is 12.5. The molecule has 7 nitrogen and oxygen atoms in total. The molecule has 2 N–H and O–H groups in total. The Kier molecular flexibility index (Phi) is 5.47. The van der Waals surface area contributed by atoms with E-state index in [2.05, 4.69) is 37.2 Å². The average molecular weight is 488 g/mol. The Balaban J connectivity index is 1.68. The van der Waals surface area contributed by atoms with Crippen molar-refractivity contribution >= 4 is 61.2 Å². The molecule has 0 spiro atoms. The van der Waals surface area contributed by atoms with Gasteiger partial charge < -0.3 is 10.4 Å². The molecule has 0 bridgehead atoms. The first-order chi connectivity index (χ1) is 12.3. The summed E-state index contributed by atoms with van der Waals surface area (Å²) in [5, 5.41) is 11.5. The quantitative estimate of drug-likeness (QED) is 0.500. The summed E-state index contributed by atoms with van der Waals surface area (Å²) in [6.07, 6.45) is 1.09. The van der Waals surface area contributed by atoms with Crippen LogP contribution in [0.4, 0.5) is 5.69 Å². The highest BCUT2D eigenvalue weighted by Crippen LogP contribution is 2.43. The van der Waals surface area contributed by atoms with Crippen molar-refractivity contribution in [3.8, 4) is 0 Å². The molecule has 1 aromatic carbocycles. The second kappa shape index (κ2) is 7.48. The van der Waals surface area contributed by atoms with Crippen LogP contribution in [0.2, 0.25) is 0 Å². The van der Waals surface area contributed by atoms with Gasteiger partial charge in [-0.05, 0) is 31.0 Å². The second-order valence-corrected chi connectivity index (χ2v) is 8.77. The second-order valence-electron chi connectivity index (χ2n) is 6.41. The van der Waals surface area contributed by atoms with Crippen molar-refractivity contribution in [3.05, 3.63) is 29.8 Å².